The third-order valence-corrected chi connectivity index (χ3v) is 3.55. The van der Waals surface area contributed by atoms with E-state index in [4.69, 9.17) is 5.26 Å². The molecule has 2 rings (SSSR count). The number of likely N-dealkylation sites (tertiary alicyclic amines) is 1. The number of hydrogen-bond donors (Lipinski definition) is 2. The van der Waals surface area contributed by atoms with Crippen molar-refractivity contribution in [1.29, 1.82) is 5.26 Å². The fourth-order valence-corrected chi connectivity index (χ4v) is 2.40. The summed E-state index contributed by atoms with van der Waals surface area (Å²) in [5.41, 5.74) is 1.66. The lowest BCUT2D eigenvalue weighted by atomic mass is 9.99. The Morgan fingerprint density at radius 3 is 2.85 bits per heavy atom. The molecule has 1 atom stereocenters. The molecule has 0 aromatic heterocycles. The van der Waals surface area contributed by atoms with E-state index < -0.39 is 0 Å². The minimum atomic E-state index is -0.129. The van der Waals surface area contributed by atoms with Crippen LogP contribution in [0.15, 0.2) is 24.3 Å². The van der Waals surface area contributed by atoms with Gasteiger partial charge in [-0.2, -0.15) is 5.26 Å². The monoisotopic (exact) mass is 273 g/mol. The quantitative estimate of drug-likeness (QED) is 0.884. The number of hydrogen-bond acceptors (Lipinski definition) is 3. The second-order valence-corrected chi connectivity index (χ2v) is 5.10. The van der Waals surface area contributed by atoms with Crippen LogP contribution in [-0.2, 0) is 6.42 Å². The number of anilines is 1. The molecule has 1 fully saturated rings. The van der Waals surface area contributed by atoms with Gasteiger partial charge in [-0.3, -0.25) is 0 Å². The number of rotatable bonds is 3. The lowest BCUT2D eigenvalue weighted by Gasteiger charge is -2.31. The van der Waals surface area contributed by atoms with Crippen molar-refractivity contribution in [2.45, 2.75) is 19.3 Å². The summed E-state index contributed by atoms with van der Waals surface area (Å²) in [6.07, 6.45) is 2.28. The lowest BCUT2D eigenvalue weighted by molar-refractivity contribution is 0.136. The van der Waals surface area contributed by atoms with Crippen molar-refractivity contribution in [2.24, 2.45) is 5.92 Å². The first-order valence-corrected chi connectivity index (χ1v) is 6.85. The molecule has 1 saturated heterocycles. The normalized spacial score (nSPS) is 18.4. The first-order valence-electron chi connectivity index (χ1n) is 6.85. The molecule has 1 aromatic carbocycles. The molecule has 1 unspecified atom stereocenters. The first-order chi connectivity index (χ1) is 9.72. The zero-order valence-corrected chi connectivity index (χ0v) is 11.4. The smallest absolute Gasteiger partial charge is 0.321 e. The third-order valence-electron chi connectivity index (χ3n) is 3.55. The minimum absolute atomic E-state index is 0.129. The standard InChI is InChI=1S/C15H19N3O2/c16-8-7-12-3-5-14(6-4-12)17-15(20)18-9-1-2-13(10-18)11-19/h3-6,13,19H,1-2,7,9-11H2,(H,17,20). The summed E-state index contributed by atoms with van der Waals surface area (Å²) in [5, 5.41) is 20.6. The number of nitrogens with zero attached hydrogens (tertiary/aromatic N) is 2. The van der Waals surface area contributed by atoms with E-state index in [0.29, 0.717) is 13.0 Å². The molecule has 0 radical (unpaired) electrons. The Bertz CT molecular complexity index is 493. The molecule has 0 aliphatic carbocycles. The maximum Gasteiger partial charge on any atom is 0.321 e. The number of aliphatic hydroxyl groups is 1. The van der Waals surface area contributed by atoms with Gasteiger partial charge in [-0.25, -0.2) is 4.79 Å². The van der Waals surface area contributed by atoms with Gasteiger partial charge in [0.05, 0.1) is 12.5 Å². The van der Waals surface area contributed by atoms with Crippen molar-refractivity contribution in [3.8, 4) is 6.07 Å². The predicted molar refractivity (Wildman–Crippen MR) is 76.2 cm³/mol. The van der Waals surface area contributed by atoms with E-state index in [2.05, 4.69) is 11.4 Å². The molecule has 5 nitrogen and oxygen atoms in total. The molecule has 0 saturated carbocycles. The van der Waals surface area contributed by atoms with Crippen molar-refractivity contribution in [3.63, 3.8) is 0 Å². The van der Waals surface area contributed by atoms with Gasteiger partial charge in [-0.1, -0.05) is 12.1 Å². The van der Waals surface area contributed by atoms with E-state index in [1.807, 2.05) is 12.1 Å². The van der Waals surface area contributed by atoms with Gasteiger partial charge in [0.15, 0.2) is 0 Å². The molecular weight excluding hydrogens is 254 g/mol. The predicted octanol–water partition coefficient (Wildman–Crippen LogP) is 1.99. The van der Waals surface area contributed by atoms with Crippen LogP contribution in [0.4, 0.5) is 10.5 Å². The molecule has 2 amide bonds. The summed E-state index contributed by atoms with van der Waals surface area (Å²) in [6, 6.07) is 9.24. The minimum Gasteiger partial charge on any atom is -0.396 e. The molecule has 1 aliphatic rings. The number of urea groups is 1. The molecule has 0 spiro atoms. The second kappa shape index (κ2) is 6.92. The Labute approximate surface area is 118 Å². The molecule has 1 aromatic rings. The van der Waals surface area contributed by atoms with Crippen LogP contribution in [0, 0.1) is 17.2 Å². The van der Waals surface area contributed by atoms with Gasteiger partial charge >= 0.3 is 6.03 Å². The molecule has 1 heterocycles. The van der Waals surface area contributed by atoms with Crippen molar-refractivity contribution >= 4 is 11.7 Å². The first kappa shape index (κ1) is 14.4. The Hall–Kier alpha value is -2.06. The van der Waals surface area contributed by atoms with E-state index in [9.17, 15) is 9.90 Å². The molecule has 106 valence electrons. The zero-order valence-electron chi connectivity index (χ0n) is 11.4. The number of nitrogens with one attached hydrogen (secondary N) is 1. The average molecular weight is 273 g/mol. The van der Waals surface area contributed by atoms with Crippen LogP contribution in [0.5, 0.6) is 0 Å². The number of carbonyl (C=O) groups is 1. The van der Waals surface area contributed by atoms with E-state index in [1.54, 1.807) is 17.0 Å². The maximum absolute atomic E-state index is 12.1. The van der Waals surface area contributed by atoms with Crippen LogP contribution in [0.3, 0.4) is 0 Å². The highest BCUT2D eigenvalue weighted by Crippen LogP contribution is 2.17. The molecule has 1 aliphatic heterocycles. The Kier molecular flexibility index (Phi) is 4.97. The van der Waals surface area contributed by atoms with Gasteiger partial charge < -0.3 is 15.3 Å². The highest BCUT2D eigenvalue weighted by atomic mass is 16.3. The maximum atomic E-state index is 12.1. The Morgan fingerprint density at radius 1 is 1.45 bits per heavy atom. The highest BCUT2D eigenvalue weighted by Gasteiger charge is 2.22. The van der Waals surface area contributed by atoms with Crippen LogP contribution >= 0.6 is 0 Å². The van der Waals surface area contributed by atoms with Gasteiger partial charge in [0.2, 0.25) is 0 Å². The second-order valence-electron chi connectivity index (χ2n) is 5.10. The van der Waals surface area contributed by atoms with Crippen LogP contribution in [0.25, 0.3) is 0 Å². The fraction of sp³-hybridized carbons (Fsp3) is 0.467. The summed E-state index contributed by atoms with van der Waals surface area (Å²) in [6.45, 7) is 1.47. The zero-order chi connectivity index (χ0) is 14.4. The van der Waals surface area contributed by atoms with E-state index >= 15 is 0 Å². The summed E-state index contributed by atoms with van der Waals surface area (Å²) in [7, 11) is 0. The van der Waals surface area contributed by atoms with E-state index in [0.717, 1.165) is 30.6 Å². The van der Waals surface area contributed by atoms with Gasteiger partial charge in [-0.05, 0) is 36.5 Å². The highest BCUT2D eigenvalue weighted by molar-refractivity contribution is 5.89. The van der Waals surface area contributed by atoms with Gasteiger partial charge in [0.1, 0.15) is 0 Å². The van der Waals surface area contributed by atoms with Crippen LogP contribution < -0.4 is 5.32 Å². The van der Waals surface area contributed by atoms with E-state index in [-0.39, 0.29) is 18.6 Å². The number of piperidine rings is 1. The van der Waals surface area contributed by atoms with E-state index in [1.165, 1.54) is 0 Å². The van der Waals surface area contributed by atoms with Gasteiger partial charge in [0, 0.05) is 25.4 Å². The number of aliphatic hydroxyl groups excluding tert-OH is 1. The van der Waals surface area contributed by atoms with Crippen LogP contribution in [0.2, 0.25) is 0 Å². The Morgan fingerprint density at radius 2 is 2.20 bits per heavy atom. The third kappa shape index (κ3) is 3.72. The molecule has 2 N–H and O–H groups in total. The number of amides is 2. The molecule has 20 heavy (non-hydrogen) atoms. The van der Waals surface area contributed by atoms with Gasteiger partial charge in [-0.15, -0.1) is 0 Å². The number of carbonyl (C=O) groups excluding carboxylic acids is 1. The number of nitriles is 1. The summed E-state index contributed by atoms with van der Waals surface area (Å²) in [5.74, 6) is 0.188. The molecular formula is C15H19N3O2. The van der Waals surface area contributed by atoms with Crippen molar-refractivity contribution < 1.29 is 9.90 Å². The summed E-state index contributed by atoms with van der Waals surface area (Å²) >= 11 is 0. The fourth-order valence-electron chi connectivity index (χ4n) is 2.40. The summed E-state index contributed by atoms with van der Waals surface area (Å²) in [4.78, 5) is 13.9. The lowest BCUT2D eigenvalue weighted by Crippen LogP contribution is -2.43. The number of benzene rings is 1. The van der Waals surface area contributed by atoms with Crippen molar-refractivity contribution in [2.75, 3.05) is 25.0 Å². The van der Waals surface area contributed by atoms with Crippen molar-refractivity contribution in [1.82, 2.24) is 4.90 Å². The summed E-state index contributed by atoms with van der Waals surface area (Å²) < 4.78 is 0. The van der Waals surface area contributed by atoms with Crippen LogP contribution in [0.1, 0.15) is 18.4 Å². The van der Waals surface area contributed by atoms with Gasteiger partial charge in [0.25, 0.3) is 0 Å². The molecule has 0 bridgehead atoms. The topological polar surface area (TPSA) is 76.4 Å². The van der Waals surface area contributed by atoms with Crippen molar-refractivity contribution in [3.05, 3.63) is 29.8 Å². The largest absolute Gasteiger partial charge is 0.396 e. The molecule has 5 heteroatoms. The Balaban J connectivity index is 1.92. The van der Waals surface area contributed by atoms with Crippen LogP contribution in [-0.4, -0.2) is 35.7 Å². The SMILES string of the molecule is N#CCc1ccc(NC(=O)N2CCCC(CO)C2)cc1. The average Bonchev–Trinajstić information content (AvgIpc) is 2.49.